The second-order valence-electron chi connectivity index (χ2n) is 8.76. The summed E-state index contributed by atoms with van der Waals surface area (Å²) in [6.45, 7) is 3.81. The van der Waals surface area contributed by atoms with Crippen molar-refractivity contribution in [3.63, 3.8) is 0 Å². The molecule has 0 aromatic heterocycles. The molecule has 2 aromatic rings. The normalized spacial score (nSPS) is 29.1. The smallest absolute Gasteiger partial charge is 0.250 e. The average molecular weight is 425 g/mol. The van der Waals surface area contributed by atoms with Crippen molar-refractivity contribution < 1.29 is 23.2 Å². The Labute approximate surface area is 177 Å². The van der Waals surface area contributed by atoms with Crippen LogP contribution in [0.25, 0.3) is 0 Å². The van der Waals surface area contributed by atoms with E-state index in [4.69, 9.17) is 0 Å². The number of nitrogens with zero attached hydrogens (tertiary/aromatic N) is 1. The number of benzene rings is 2. The van der Waals surface area contributed by atoms with E-state index in [0.29, 0.717) is 16.8 Å². The number of carbonyl (C=O) groups is 3. The van der Waals surface area contributed by atoms with Crippen molar-refractivity contribution in [3.8, 4) is 0 Å². The Bertz CT molecular complexity index is 1120. The quantitative estimate of drug-likeness (QED) is 0.741. The highest BCUT2D eigenvalue weighted by Gasteiger charge is 2.70. The van der Waals surface area contributed by atoms with Crippen molar-refractivity contribution in [1.29, 1.82) is 0 Å². The molecule has 0 aliphatic carbocycles. The lowest BCUT2D eigenvalue weighted by Crippen LogP contribution is -2.53. The topological polar surface area (TPSA) is 78.5 Å². The van der Waals surface area contributed by atoms with E-state index in [0.717, 1.165) is 4.90 Å². The first kappa shape index (κ1) is 19.8. The molecular weight excluding hydrogens is 404 g/mol. The Balaban J connectivity index is 1.61. The molecule has 1 spiro atoms. The predicted octanol–water partition coefficient (Wildman–Crippen LogP) is 2.54. The van der Waals surface area contributed by atoms with E-state index in [1.807, 2.05) is 13.8 Å². The highest BCUT2D eigenvalue weighted by molar-refractivity contribution is 6.15. The molecule has 0 bridgehead atoms. The van der Waals surface area contributed by atoms with Gasteiger partial charge in [-0.05, 0) is 41.8 Å². The lowest BCUT2D eigenvalue weighted by molar-refractivity contribution is -0.143. The summed E-state index contributed by atoms with van der Waals surface area (Å²) in [5.74, 6) is -4.06. The Morgan fingerprint density at radius 3 is 2.35 bits per heavy atom. The summed E-state index contributed by atoms with van der Waals surface area (Å²) in [4.78, 5) is 41.3. The molecule has 2 saturated heterocycles. The number of hydrogen-bond acceptors (Lipinski definition) is 4. The molecule has 2 N–H and O–H groups in total. The van der Waals surface area contributed by atoms with Crippen LogP contribution in [0.4, 0.5) is 14.5 Å². The number of hydrogen-bond donors (Lipinski definition) is 2. The van der Waals surface area contributed by atoms with E-state index < -0.39 is 46.9 Å². The fourth-order valence-corrected chi connectivity index (χ4v) is 5.27. The SMILES string of the molecule is CC(C)[C@H]1N[C@@]2(C(=O)Nc3ccc(F)cc32)[C@@H]2C(=O)N(Cc3ccc(F)cc3)C(=O)[C@H]12. The fraction of sp³-hybridized carbons (Fsp3) is 0.348. The molecular formula is C23H21F2N3O3. The summed E-state index contributed by atoms with van der Waals surface area (Å²) >= 11 is 0. The number of halogens is 2. The molecule has 0 unspecified atom stereocenters. The van der Waals surface area contributed by atoms with Gasteiger partial charge >= 0.3 is 0 Å². The van der Waals surface area contributed by atoms with Crippen LogP contribution in [-0.2, 0) is 26.5 Å². The first-order chi connectivity index (χ1) is 14.7. The standard InChI is InChI=1S/C23H21F2N3O3/c1-11(2)19-17-18(21(30)28(20(17)29)10-12-3-5-13(24)6-4-12)23(27-19)15-9-14(25)7-8-16(15)26-22(23)31/h3-9,11,17-19,27H,10H2,1-2H3,(H,26,31)/t17-,18-,19+,23+/m0/s1. The van der Waals surface area contributed by atoms with E-state index in [1.54, 1.807) is 0 Å². The lowest BCUT2D eigenvalue weighted by atomic mass is 9.76. The van der Waals surface area contributed by atoms with Gasteiger partial charge in [0.25, 0.3) is 0 Å². The Morgan fingerprint density at radius 1 is 1.00 bits per heavy atom. The monoisotopic (exact) mass is 425 g/mol. The summed E-state index contributed by atoms with van der Waals surface area (Å²) in [6, 6.07) is 9.09. The van der Waals surface area contributed by atoms with Crippen LogP contribution in [0.2, 0.25) is 0 Å². The van der Waals surface area contributed by atoms with Crippen molar-refractivity contribution in [1.82, 2.24) is 10.2 Å². The molecule has 0 radical (unpaired) electrons. The zero-order valence-electron chi connectivity index (χ0n) is 17.0. The van der Waals surface area contributed by atoms with E-state index in [2.05, 4.69) is 10.6 Å². The van der Waals surface area contributed by atoms with Crippen LogP contribution >= 0.6 is 0 Å². The molecule has 4 atom stereocenters. The predicted molar refractivity (Wildman–Crippen MR) is 107 cm³/mol. The molecule has 160 valence electrons. The third-order valence-corrected chi connectivity index (χ3v) is 6.68. The number of amides is 3. The Hall–Kier alpha value is -3.13. The molecule has 2 aromatic carbocycles. The van der Waals surface area contributed by atoms with E-state index in [9.17, 15) is 23.2 Å². The molecule has 31 heavy (non-hydrogen) atoms. The van der Waals surface area contributed by atoms with Gasteiger partial charge in [0.15, 0.2) is 0 Å². The average Bonchev–Trinajstić information content (AvgIpc) is 3.31. The number of likely N-dealkylation sites (tertiary alicyclic amines) is 1. The van der Waals surface area contributed by atoms with Crippen LogP contribution < -0.4 is 10.6 Å². The summed E-state index contributed by atoms with van der Waals surface area (Å²) in [5.41, 5.74) is -0.130. The maximum atomic E-state index is 14.1. The summed E-state index contributed by atoms with van der Waals surface area (Å²) < 4.78 is 27.4. The largest absolute Gasteiger partial charge is 0.324 e. The summed E-state index contributed by atoms with van der Waals surface area (Å²) in [7, 11) is 0. The third kappa shape index (κ3) is 2.67. The molecule has 3 amide bonds. The van der Waals surface area contributed by atoms with Crippen molar-refractivity contribution in [2.45, 2.75) is 32.0 Å². The van der Waals surface area contributed by atoms with E-state index in [-0.39, 0.29) is 18.4 Å². The number of rotatable bonds is 3. The third-order valence-electron chi connectivity index (χ3n) is 6.68. The minimum Gasteiger partial charge on any atom is -0.324 e. The van der Waals surface area contributed by atoms with Crippen molar-refractivity contribution in [2.24, 2.45) is 17.8 Å². The number of carbonyl (C=O) groups excluding carboxylic acids is 3. The molecule has 3 aliphatic heterocycles. The maximum Gasteiger partial charge on any atom is 0.250 e. The minimum absolute atomic E-state index is 0.0104. The zero-order valence-corrected chi connectivity index (χ0v) is 17.0. The summed E-state index contributed by atoms with van der Waals surface area (Å²) in [6.07, 6.45) is 0. The van der Waals surface area contributed by atoms with Crippen molar-refractivity contribution in [2.75, 3.05) is 5.32 Å². The second-order valence-corrected chi connectivity index (χ2v) is 8.76. The molecule has 5 rings (SSSR count). The summed E-state index contributed by atoms with van der Waals surface area (Å²) in [5, 5.41) is 6.00. The molecule has 3 heterocycles. The van der Waals surface area contributed by atoms with Gasteiger partial charge in [0.2, 0.25) is 17.7 Å². The molecule has 8 heteroatoms. The van der Waals surface area contributed by atoms with Gasteiger partial charge in [0, 0.05) is 17.3 Å². The van der Waals surface area contributed by atoms with Gasteiger partial charge in [-0.3, -0.25) is 24.6 Å². The van der Waals surface area contributed by atoms with E-state index >= 15 is 0 Å². The van der Waals surface area contributed by atoms with Crippen LogP contribution in [0.1, 0.15) is 25.0 Å². The van der Waals surface area contributed by atoms with Gasteiger partial charge < -0.3 is 5.32 Å². The van der Waals surface area contributed by atoms with Gasteiger partial charge in [-0.15, -0.1) is 0 Å². The second kappa shape index (κ2) is 6.68. The zero-order chi connectivity index (χ0) is 22.1. The van der Waals surface area contributed by atoms with Crippen LogP contribution in [0, 0.1) is 29.4 Å². The number of imide groups is 1. The van der Waals surface area contributed by atoms with Gasteiger partial charge in [-0.1, -0.05) is 26.0 Å². The van der Waals surface area contributed by atoms with Crippen LogP contribution in [0.15, 0.2) is 42.5 Å². The molecule has 3 aliphatic rings. The van der Waals surface area contributed by atoms with E-state index in [1.165, 1.54) is 42.5 Å². The van der Waals surface area contributed by atoms with Gasteiger partial charge in [0.05, 0.1) is 18.4 Å². The van der Waals surface area contributed by atoms with Gasteiger partial charge in [-0.2, -0.15) is 0 Å². The highest BCUT2D eigenvalue weighted by Crippen LogP contribution is 2.54. The van der Waals surface area contributed by atoms with Gasteiger partial charge in [0.1, 0.15) is 17.2 Å². The lowest BCUT2D eigenvalue weighted by Gasteiger charge is -2.30. The van der Waals surface area contributed by atoms with Gasteiger partial charge in [-0.25, -0.2) is 8.78 Å². The highest BCUT2D eigenvalue weighted by atomic mass is 19.1. The molecule has 2 fully saturated rings. The van der Waals surface area contributed by atoms with Crippen LogP contribution in [0.3, 0.4) is 0 Å². The number of fused-ring (bicyclic) bond motifs is 4. The minimum atomic E-state index is -1.51. The first-order valence-electron chi connectivity index (χ1n) is 10.2. The maximum absolute atomic E-state index is 14.1. The van der Waals surface area contributed by atoms with Crippen LogP contribution in [0.5, 0.6) is 0 Å². The van der Waals surface area contributed by atoms with Crippen LogP contribution in [-0.4, -0.2) is 28.7 Å². The Morgan fingerprint density at radius 2 is 1.68 bits per heavy atom. The first-order valence-corrected chi connectivity index (χ1v) is 10.2. The number of anilines is 1. The molecule has 0 saturated carbocycles. The van der Waals surface area contributed by atoms with Crippen molar-refractivity contribution >= 4 is 23.4 Å². The fourth-order valence-electron chi connectivity index (χ4n) is 5.27. The van der Waals surface area contributed by atoms with Crippen molar-refractivity contribution in [3.05, 3.63) is 65.2 Å². The molecule has 6 nitrogen and oxygen atoms in total. The Kier molecular flexibility index (Phi) is 4.27. The number of nitrogens with one attached hydrogen (secondary N) is 2.